The van der Waals surface area contributed by atoms with E-state index in [0.717, 1.165) is 22.4 Å². The number of amides is 1. The summed E-state index contributed by atoms with van der Waals surface area (Å²) in [6.07, 6.45) is 1.76. The highest BCUT2D eigenvalue weighted by Crippen LogP contribution is 2.37. The number of thioether (sulfide) groups is 1. The van der Waals surface area contributed by atoms with Gasteiger partial charge in [0.1, 0.15) is 12.4 Å². The highest BCUT2D eigenvalue weighted by atomic mass is 79.9. The number of aliphatic imine (C=N–C) groups is 1. The Morgan fingerprint density at radius 1 is 1.12 bits per heavy atom. The highest BCUT2D eigenvalue weighted by Gasteiger charge is 2.24. The number of ether oxygens (including phenoxy) is 2. The fraction of sp³-hybridized carbons (Fsp3) is 0.154. The van der Waals surface area contributed by atoms with Crippen LogP contribution in [-0.4, -0.2) is 18.2 Å². The predicted octanol–water partition coefficient (Wildman–Crippen LogP) is 6.68. The number of nitrogens with one attached hydrogen (secondary N) is 1. The molecule has 1 aliphatic rings. The van der Waals surface area contributed by atoms with Crippen LogP contribution in [0.25, 0.3) is 6.08 Å². The van der Waals surface area contributed by atoms with E-state index < -0.39 is 0 Å². The van der Waals surface area contributed by atoms with Gasteiger partial charge in [0.05, 0.1) is 17.7 Å². The first-order valence-electron chi connectivity index (χ1n) is 10.4. The van der Waals surface area contributed by atoms with Gasteiger partial charge in [-0.1, -0.05) is 51.8 Å². The molecule has 1 heterocycles. The third kappa shape index (κ3) is 5.51. The minimum Gasteiger partial charge on any atom is -0.493 e. The number of nitrogens with zero attached hydrogens (tertiary/aromatic N) is 1. The summed E-state index contributed by atoms with van der Waals surface area (Å²) < 4.78 is 25.9. The average molecular weight is 541 g/mol. The van der Waals surface area contributed by atoms with Crippen molar-refractivity contribution >= 4 is 50.5 Å². The first kappa shape index (κ1) is 24.0. The van der Waals surface area contributed by atoms with Gasteiger partial charge in [-0.2, -0.15) is 0 Å². The Morgan fingerprint density at radius 3 is 2.65 bits per heavy atom. The highest BCUT2D eigenvalue weighted by molar-refractivity contribution is 9.10. The Bertz CT molecular complexity index is 1320. The number of hydrogen-bond donors (Lipinski definition) is 1. The van der Waals surface area contributed by atoms with Gasteiger partial charge in [-0.3, -0.25) is 4.79 Å². The first-order valence-corrected chi connectivity index (χ1v) is 12.1. The lowest BCUT2D eigenvalue weighted by Crippen LogP contribution is -2.19. The summed E-state index contributed by atoms with van der Waals surface area (Å²) in [4.78, 5) is 17.7. The van der Waals surface area contributed by atoms with E-state index >= 15 is 0 Å². The molecule has 174 valence electrons. The zero-order valence-electron chi connectivity index (χ0n) is 18.8. The maximum atomic E-state index is 13.9. The maximum absolute atomic E-state index is 13.9. The van der Waals surface area contributed by atoms with Crippen molar-refractivity contribution in [3.05, 3.63) is 92.0 Å². The number of hydrogen-bond acceptors (Lipinski definition) is 5. The summed E-state index contributed by atoms with van der Waals surface area (Å²) in [5, 5.41) is 3.34. The van der Waals surface area contributed by atoms with Gasteiger partial charge < -0.3 is 14.8 Å². The number of carbonyl (C=O) groups excluding carboxylic acids is 1. The van der Waals surface area contributed by atoms with E-state index in [9.17, 15) is 9.18 Å². The molecule has 3 aromatic rings. The van der Waals surface area contributed by atoms with Gasteiger partial charge in [0.15, 0.2) is 16.7 Å². The Balaban J connectivity index is 1.55. The van der Waals surface area contributed by atoms with Crippen molar-refractivity contribution in [2.24, 2.45) is 4.99 Å². The molecule has 3 aromatic carbocycles. The molecular formula is C26H22BrFN2O3S. The van der Waals surface area contributed by atoms with Gasteiger partial charge in [-0.05, 0) is 67.1 Å². The van der Waals surface area contributed by atoms with E-state index in [-0.39, 0.29) is 18.3 Å². The van der Waals surface area contributed by atoms with E-state index in [1.165, 1.54) is 24.9 Å². The molecular weight excluding hydrogens is 519 g/mol. The second-order valence-corrected chi connectivity index (χ2v) is 9.56. The van der Waals surface area contributed by atoms with Crippen molar-refractivity contribution in [1.82, 2.24) is 5.32 Å². The molecule has 0 unspecified atom stereocenters. The molecule has 0 spiro atoms. The Labute approximate surface area is 210 Å². The lowest BCUT2D eigenvalue weighted by molar-refractivity contribution is -0.115. The van der Waals surface area contributed by atoms with E-state index in [1.54, 1.807) is 36.4 Å². The predicted molar refractivity (Wildman–Crippen MR) is 138 cm³/mol. The zero-order valence-corrected chi connectivity index (χ0v) is 21.2. The van der Waals surface area contributed by atoms with E-state index in [2.05, 4.69) is 32.3 Å². The van der Waals surface area contributed by atoms with Gasteiger partial charge in [0.25, 0.3) is 5.91 Å². The van der Waals surface area contributed by atoms with E-state index in [1.807, 2.05) is 26.0 Å². The molecule has 4 rings (SSSR count). The van der Waals surface area contributed by atoms with Crippen LogP contribution in [0.1, 0.15) is 22.3 Å². The zero-order chi connectivity index (χ0) is 24.2. The molecule has 1 aliphatic heterocycles. The van der Waals surface area contributed by atoms with E-state index in [0.29, 0.717) is 31.6 Å². The number of amidine groups is 1. The standard InChI is InChI=1S/C26H22BrFN2O3S/c1-15-8-9-21(16(2)10-15)29-26-30-25(31)24(34-26)12-18-11-22(32-3)23(13-19(18)27)33-14-17-6-4-5-7-20(17)28/h4-13H,14H2,1-3H3,(H,29,30,31)/b24-12+. The fourth-order valence-electron chi connectivity index (χ4n) is 3.37. The largest absolute Gasteiger partial charge is 0.493 e. The molecule has 8 heteroatoms. The van der Waals surface area contributed by atoms with Crippen LogP contribution in [0.3, 0.4) is 0 Å². The lowest BCUT2D eigenvalue weighted by Gasteiger charge is -2.13. The average Bonchev–Trinajstić information content (AvgIpc) is 3.15. The SMILES string of the molecule is COc1cc(/C=C2/SC(=Nc3ccc(C)cc3C)NC2=O)c(Br)cc1OCc1ccccc1F. The minimum absolute atomic E-state index is 0.0619. The molecule has 1 amide bonds. The first-order chi connectivity index (χ1) is 16.3. The Morgan fingerprint density at radius 2 is 1.91 bits per heavy atom. The number of carbonyl (C=O) groups is 1. The smallest absolute Gasteiger partial charge is 0.264 e. The molecule has 0 bridgehead atoms. The van der Waals surface area contributed by atoms with Gasteiger partial charge in [0.2, 0.25) is 0 Å². The van der Waals surface area contributed by atoms with Crippen LogP contribution in [0.4, 0.5) is 10.1 Å². The summed E-state index contributed by atoms with van der Waals surface area (Å²) in [6.45, 7) is 4.08. The van der Waals surface area contributed by atoms with Crippen molar-refractivity contribution in [2.45, 2.75) is 20.5 Å². The van der Waals surface area contributed by atoms with Crippen LogP contribution < -0.4 is 14.8 Å². The van der Waals surface area contributed by atoms with Crippen LogP contribution in [-0.2, 0) is 11.4 Å². The topological polar surface area (TPSA) is 59.9 Å². The third-order valence-corrected chi connectivity index (χ3v) is 6.73. The van der Waals surface area contributed by atoms with Crippen molar-refractivity contribution in [3.63, 3.8) is 0 Å². The molecule has 1 saturated heterocycles. The van der Waals surface area contributed by atoms with Gasteiger partial charge in [-0.25, -0.2) is 9.38 Å². The quantitative estimate of drug-likeness (QED) is 0.354. The van der Waals surface area contributed by atoms with Crippen LogP contribution >= 0.6 is 27.7 Å². The number of rotatable bonds is 6. The van der Waals surface area contributed by atoms with Gasteiger partial charge in [-0.15, -0.1) is 0 Å². The second kappa shape index (κ2) is 10.4. The van der Waals surface area contributed by atoms with E-state index in [4.69, 9.17) is 9.47 Å². The molecule has 5 nitrogen and oxygen atoms in total. The van der Waals surface area contributed by atoms with Crippen LogP contribution in [0.15, 0.2) is 69.0 Å². The molecule has 34 heavy (non-hydrogen) atoms. The molecule has 1 fully saturated rings. The third-order valence-electron chi connectivity index (χ3n) is 5.14. The summed E-state index contributed by atoms with van der Waals surface area (Å²) in [7, 11) is 1.53. The van der Waals surface area contributed by atoms with Crippen molar-refractivity contribution < 1.29 is 18.7 Å². The Kier molecular flexibility index (Phi) is 7.38. The molecule has 0 radical (unpaired) electrons. The van der Waals surface area contributed by atoms with Gasteiger partial charge in [0, 0.05) is 10.0 Å². The molecule has 0 aliphatic carbocycles. The number of aryl methyl sites for hydroxylation is 2. The van der Waals surface area contributed by atoms with Crippen molar-refractivity contribution in [1.29, 1.82) is 0 Å². The summed E-state index contributed by atoms with van der Waals surface area (Å²) in [5.41, 5.74) is 4.19. The second-order valence-electron chi connectivity index (χ2n) is 7.68. The number of benzene rings is 3. The van der Waals surface area contributed by atoms with Crippen LogP contribution in [0, 0.1) is 19.7 Å². The molecule has 0 saturated carbocycles. The van der Waals surface area contributed by atoms with Crippen molar-refractivity contribution in [2.75, 3.05) is 7.11 Å². The normalized spacial score (nSPS) is 15.6. The minimum atomic E-state index is -0.329. The lowest BCUT2D eigenvalue weighted by atomic mass is 10.1. The summed E-state index contributed by atoms with van der Waals surface area (Å²) in [6, 6.07) is 15.9. The summed E-state index contributed by atoms with van der Waals surface area (Å²) >= 11 is 4.81. The molecule has 0 atom stereocenters. The van der Waals surface area contributed by atoms with Crippen molar-refractivity contribution in [3.8, 4) is 11.5 Å². The monoisotopic (exact) mass is 540 g/mol. The number of halogens is 2. The molecule has 0 aromatic heterocycles. The Hall–Kier alpha value is -3.10. The van der Waals surface area contributed by atoms with Crippen LogP contribution in [0.5, 0.6) is 11.5 Å². The summed E-state index contributed by atoms with van der Waals surface area (Å²) in [5.74, 6) is 0.378. The maximum Gasteiger partial charge on any atom is 0.264 e. The van der Waals surface area contributed by atoms with Crippen LogP contribution in [0.2, 0.25) is 0 Å². The number of methoxy groups -OCH3 is 1. The molecule has 1 N–H and O–H groups in total. The van der Waals surface area contributed by atoms with Gasteiger partial charge >= 0.3 is 0 Å². The fourth-order valence-corrected chi connectivity index (χ4v) is 4.63.